The van der Waals surface area contributed by atoms with Crippen LogP contribution in [0.5, 0.6) is 0 Å². The molecule has 0 fully saturated rings. The van der Waals surface area contributed by atoms with Crippen LogP contribution in [-0.4, -0.2) is 17.6 Å². The quantitative estimate of drug-likeness (QED) is 0.771. The maximum Gasteiger partial charge on any atom is 0.141 e. The zero-order valence-corrected chi connectivity index (χ0v) is 9.20. The Bertz CT molecular complexity index is 284. The van der Waals surface area contributed by atoms with Gasteiger partial charge in [0.05, 0.1) is 11.9 Å². The summed E-state index contributed by atoms with van der Waals surface area (Å²) in [5.74, 6) is 0.174. The van der Waals surface area contributed by atoms with Crippen molar-refractivity contribution >= 4 is 0 Å². The smallest absolute Gasteiger partial charge is 0.141 e. The number of nitrogens with one attached hydrogen (secondary N) is 1. The van der Waals surface area contributed by atoms with E-state index in [9.17, 15) is 4.39 Å². The molecular weight excluding hydrogens is 193 g/mol. The van der Waals surface area contributed by atoms with Gasteiger partial charge in [0.1, 0.15) is 5.82 Å². The van der Waals surface area contributed by atoms with Crippen molar-refractivity contribution < 1.29 is 4.39 Å². The molecular formula is C11H18FN3. The van der Waals surface area contributed by atoms with E-state index in [-0.39, 0.29) is 11.9 Å². The largest absolute Gasteiger partial charge is 0.329 e. The molecule has 84 valence electrons. The average Bonchev–Trinajstić information content (AvgIpc) is 2.21. The van der Waals surface area contributed by atoms with Crippen molar-refractivity contribution in [1.82, 2.24) is 10.3 Å². The standard InChI is InChI=1S/C11H18FN3/c1-8(2)11(5-13)15-7-10-4-3-9(12)6-14-10/h3-4,6,8,11,15H,5,7,13H2,1-2H3. The molecule has 0 saturated carbocycles. The van der Waals surface area contributed by atoms with Gasteiger partial charge in [-0.05, 0) is 18.1 Å². The summed E-state index contributed by atoms with van der Waals surface area (Å²) >= 11 is 0. The first kappa shape index (κ1) is 12.1. The summed E-state index contributed by atoms with van der Waals surface area (Å²) in [6.45, 7) is 5.45. The van der Waals surface area contributed by atoms with Crippen LogP contribution in [0, 0.1) is 11.7 Å². The molecule has 0 saturated heterocycles. The van der Waals surface area contributed by atoms with E-state index in [2.05, 4.69) is 24.1 Å². The summed E-state index contributed by atoms with van der Waals surface area (Å²) in [5, 5.41) is 3.29. The normalized spacial score (nSPS) is 13.1. The lowest BCUT2D eigenvalue weighted by Crippen LogP contribution is -2.39. The lowest BCUT2D eigenvalue weighted by Gasteiger charge is -2.20. The molecule has 1 atom stereocenters. The minimum absolute atomic E-state index is 0.275. The third-order valence-electron chi connectivity index (χ3n) is 2.39. The fourth-order valence-corrected chi connectivity index (χ4v) is 1.34. The average molecular weight is 211 g/mol. The van der Waals surface area contributed by atoms with E-state index in [1.54, 1.807) is 6.07 Å². The van der Waals surface area contributed by atoms with Crippen molar-refractivity contribution in [3.8, 4) is 0 Å². The van der Waals surface area contributed by atoms with Crippen LogP contribution in [0.25, 0.3) is 0 Å². The van der Waals surface area contributed by atoms with Crippen molar-refractivity contribution in [3.63, 3.8) is 0 Å². The summed E-state index contributed by atoms with van der Waals surface area (Å²) in [6.07, 6.45) is 1.23. The Morgan fingerprint density at radius 2 is 2.20 bits per heavy atom. The van der Waals surface area contributed by atoms with E-state index in [1.807, 2.05) is 0 Å². The molecule has 0 bridgehead atoms. The van der Waals surface area contributed by atoms with E-state index in [4.69, 9.17) is 5.73 Å². The Hall–Kier alpha value is -1.00. The molecule has 3 nitrogen and oxygen atoms in total. The van der Waals surface area contributed by atoms with Crippen LogP contribution >= 0.6 is 0 Å². The monoisotopic (exact) mass is 211 g/mol. The molecule has 15 heavy (non-hydrogen) atoms. The number of rotatable bonds is 5. The van der Waals surface area contributed by atoms with Crippen molar-refractivity contribution in [2.24, 2.45) is 11.7 Å². The summed E-state index contributed by atoms with van der Waals surface area (Å²) in [5.41, 5.74) is 6.45. The molecule has 0 aliphatic heterocycles. The highest BCUT2D eigenvalue weighted by Gasteiger charge is 2.10. The third-order valence-corrected chi connectivity index (χ3v) is 2.39. The third kappa shape index (κ3) is 3.93. The van der Waals surface area contributed by atoms with Gasteiger partial charge in [0.2, 0.25) is 0 Å². The van der Waals surface area contributed by atoms with Gasteiger partial charge in [0, 0.05) is 19.1 Å². The second-order valence-corrected chi connectivity index (χ2v) is 3.93. The van der Waals surface area contributed by atoms with Gasteiger partial charge in [-0.1, -0.05) is 13.8 Å². The molecule has 0 aliphatic carbocycles. The van der Waals surface area contributed by atoms with Gasteiger partial charge in [-0.15, -0.1) is 0 Å². The molecule has 3 N–H and O–H groups in total. The first-order valence-corrected chi connectivity index (χ1v) is 5.17. The lowest BCUT2D eigenvalue weighted by atomic mass is 10.0. The Morgan fingerprint density at radius 1 is 1.47 bits per heavy atom. The van der Waals surface area contributed by atoms with Gasteiger partial charge >= 0.3 is 0 Å². The topological polar surface area (TPSA) is 50.9 Å². The molecule has 1 unspecified atom stereocenters. The summed E-state index contributed by atoms with van der Waals surface area (Å²) in [7, 11) is 0. The number of hydrogen-bond acceptors (Lipinski definition) is 3. The van der Waals surface area contributed by atoms with Crippen LogP contribution in [0.15, 0.2) is 18.3 Å². The molecule has 1 aromatic rings. The number of pyridine rings is 1. The Balaban J connectivity index is 2.45. The zero-order valence-electron chi connectivity index (χ0n) is 9.20. The van der Waals surface area contributed by atoms with Gasteiger partial charge in [0.15, 0.2) is 0 Å². The van der Waals surface area contributed by atoms with E-state index in [0.29, 0.717) is 19.0 Å². The molecule has 0 spiro atoms. The molecule has 1 rings (SSSR count). The maximum absolute atomic E-state index is 12.6. The number of hydrogen-bond donors (Lipinski definition) is 2. The highest BCUT2D eigenvalue weighted by Crippen LogP contribution is 2.02. The summed E-state index contributed by atoms with van der Waals surface area (Å²) < 4.78 is 12.6. The predicted octanol–water partition coefficient (Wildman–Crippen LogP) is 1.29. The van der Waals surface area contributed by atoms with Gasteiger partial charge in [-0.3, -0.25) is 4.98 Å². The molecule has 0 amide bonds. The van der Waals surface area contributed by atoms with Crippen LogP contribution in [0.4, 0.5) is 4.39 Å². The van der Waals surface area contributed by atoms with E-state index in [0.717, 1.165) is 5.69 Å². The van der Waals surface area contributed by atoms with Crippen LogP contribution in [-0.2, 0) is 6.54 Å². The van der Waals surface area contributed by atoms with Crippen molar-refractivity contribution in [2.45, 2.75) is 26.4 Å². The van der Waals surface area contributed by atoms with Gasteiger partial charge in [-0.25, -0.2) is 4.39 Å². The first-order chi connectivity index (χ1) is 7.13. The molecule has 0 aliphatic rings. The van der Waals surface area contributed by atoms with E-state index >= 15 is 0 Å². The summed E-state index contributed by atoms with van der Waals surface area (Å²) in [4.78, 5) is 3.97. The summed E-state index contributed by atoms with van der Waals surface area (Å²) in [6, 6.07) is 3.37. The molecule has 1 heterocycles. The minimum Gasteiger partial charge on any atom is -0.329 e. The Morgan fingerprint density at radius 3 is 2.67 bits per heavy atom. The van der Waals surface area contributed by atoms with Crippen molar-refractivity contribution in [1.29, 1.82) is 0 Å². The molecule has 0 radical (unpaired) electrons. The molecule has 4 heteroatoms. The first-order valence-electron chi connectivity index (χ1n) is 5.17. The van der Waals surface area contributed by atoms with E-state index in [1.165, 1.54) is 12.3 Å². The highest BCUT2D eigenvalue weighted by molar-refractivity contribution is 5.05. The van der Waals surface area contributed by atoms with Gasteiger partial charge in [-0.2, -0.15) is 0 Å². The van der Waals surface area contributed by atoms with Crippen LogP contribution in [0.3, 0.4) is 0 Å². The SMILES string of the molecule is CC(C)C(CN)NCc1ccc(F)cn1. The number of nitrogens with zero attached hydrogens (tertiary/aromatic N) is 1. The Labute approximate surface area is 89.9 Å². The second-order valence-electron chi connectivity index (χ2n) is 3.93. The number of aromatic nitrogens is 1. The highest BCUT2D eigenvalue weighted by atomic mass is 19.1. The van der Waals surface area contributed by atoms with Crippen LogP contribution in [0.1, 0.15) is 19.5 Å². The van der Waals surface area contributed by atoms with Crippen molar-refractivity contribution in [2.75, 3.05) is 6.54 Å². The molecule has 1 aromatic heterocycles. The fourth-order valence-electron chi connectivity index (χ4n) is 1.34. The van der Waals surface area contributed by atoms with Gasteiger partial charge in [0.25, 0.3) is 0 Å². The van der Waals surface area contributed by atoms with E-state index < -0.39 is 0 Å². The van der Waals surface area contributed by atoms with Crippen molar-refractivity contribution in [3.05, 3.63) is 29.8 Å². The maximum atomic E-state index is 12.6. The van der Waals surface area contributed by atoms with Crippen LogP contribution in [0.2, 0.25) is 0 Å². The Kier molecular flexibility index (Phi) is 4.65. The fraction of sp³-hybridized carbons (Fsp3) is 0.545. The second kappa shape index (κ2) is 5.78. The van der Waals surface area contributed by atoms with Crippen LogP contribution < -0.4 is 11.1 Å². The number of nitrogens with two attached hydrogens (primary N) is 1. The van der Waals surface area contributed by atoms with Gasteiger partial charge < -0.3 is 11.1 Å². The minimum atomic E-state index is -0.307. The predicted molar refractivity (Wildman–Crippen MR) is 58.7 cm³/mol. The lowest BCUT2D eigenvalue weighted by molar-refractivity contribution is 0.402. The molecule has 0 aromatic carbocycles. The number of halogens is 1. The zero-order chi connectivity index (χ0) is 11.3.